The summed E-state index contributed by atoms with van der Waals surface area (Å²) in [6.45, 7) is 1.74. The highest BCUT2D eigenvalue weighted by molar-refractivity contribution is 5.38. The van der Waals surface area contributed by atoms with E-state index in [4.69, 9.17) is 4.74 Å². The van der Waals surface area contributed by atoms with Crippen LogP contribution in [0.2, 0.25) is 0 Å². The van der Waals surface area contributed by atoms with Crippen LogP contribution < -0.4 is 10.1 Å². The van der Waals surface area contributed by atoms with Crippen molar-refractivity contribution in [2.24, 2.45) is 0 Å². The molecule has 0 bridgehead atoms. The van der Waals surface area contributed by atoms with Crippen LogP contribution in [-0.4, -0.2) is 24.3 Å². The molecule has 1 fully saturated rings. The van der Waals surface area contributed by atoms with E-state index < -0.39 is 0 Å². The largest absolute Gasteiger partial charge is 0.504 e. The van der Waals surface area contributed by atoms with E-state index in [0.29, 0.717) is 5.75 Å². The Morgan fingerprint density at radius 3 is 2.67 bits per heavy atom. The fraction of sp³-hybridized carbons (Fsp3) is 0.333. The van der Waals surface area contributed by atoms with Crippen molar-refractivity contribution in [2.45, 2.75) is 6.10 Å². The summed E-state index contributed by atoms with van der Waals surface area (Å²) in [6, 6.07) is 7.03. The fourth-order valence-corrected chi connectivity index (χ4v) is 1.08. The molecule has 1 saturated heterocycles. The van der Waals surface area contributed by atoms with Crippen LogP contribution in [0.4, 0.5) is 0 Å². The number of hydrogen-bond acceptors (Lipinski definition) is 3. The van der Waals surface area contributed by atoms with Gasteiger partial charge in [0.25, 0.3) is 0 Å². The van der Waals surface area contributed by atoms with Crippen LogP contribution in [0, 0.1) is 0 Å². The highest BCUT2D eigenvalue weighted by atomic mass is 16.5. The third-order valence-corrected chi connectivity index (χ3v) is 1.90. The van der Waals surface area contributed by atoms with E-state index in [2.05, 4.69) is 5.32 Å². The lowest BCUT2D eigenvalue weighted by molar-refractivity contribution is 0.137. The Labute approximate surface area is 71.0 Å². The lowest BCUT2D eigenvalue weighted by Gasteiger charge is -2.27. The number of aromatic hydroxyl groups is 1. The molecule has 1 aromatic carbocycles. The number of hydrogen-bond donors (Lipinski definition) is 2. The maximum atomic E-state index is 9.33. The maximum absolute atomic E-state index is 9.33. The molecule has 1 aliphatic rings. The molecule has 64 valence electrons. The standard InChI is InChI=1S/C9H11NO2/c11-8-3-1-2-4-9(8)12-7-5-10-6-7/h1-4,7,10-11H,5-6H2. The lowest BCUT2D eigenvalue weighted by atomic mass is 10.2. The molecule has 0 aromatic heterocycles. The molecule has 0 amide bonds. The van der Waals surface area contributed by atoms with Gasteiger partial charge in [-0.05, 0) is 12.1 Å². The van der Waals surface area contributed by atoms with Gasteiger partial charge in [0.05, 0.1) is 0 Å². The number of ether oxygens (including phenoxy) is 1. The molecule has 0 atom stereocenters. The second-order valence-corrected chi connectivity index (χ2v) is 2.87. The summed E-state index contributed by atoms with van der Waals surface area (Å²) in [5, 5.41) is 12.4. The molecule has 3 heteroatoms. The normalized spacial score (nSPS) is 17.0. The molecule has 1 aliphatic heterocycles. The van der Waals surface area contributed by atoms with E-state index in [1.54, 1.807) is 18.2 Å². The van der Waals surface area contributed by atoms with Gasteiger partial charge < -0.3 is 15.2 Å². The Balaban J connectivity index is 2.06. The maximum Gasteiger partial charge on any atom is 0.161 e. The molecule has 0 saturated carbocycles. The van der Waals surface area contributed by atoms with Crippen molar-refractivity contribution in [3.63, 3.8) is 0 Å². The molecule has 0 radical (unpaired) electrons. The van der Waals surface area contributed by atoms with E-state index in [1.165, 1.54) is 0 Å². The van der Waals surface area contributed by atoms with Gasteiger partial charge in [0.2, 0.25) is 0 Å². The number of phenolic OH excluding ortho intramolecular Hbond substituents is 1. The minimum atomic E-state index is 0.212. The van der Waals surface area contributed by atoms with E-state index >= 15 is 0 Å². The van der Waals surface area contributed by atoms with E-state index in [9.17, 15) is 5.11 Å². The smallest absolute Gasteiger partial charge is 0.161 e. The molecular formula is C9H11NO2. The van der Waals surface area contributed by atoms with Crippen molar-refractivity contribution in [2.75, 3.05) is 13.1 Å². The van der Waals surface area contributed by atoms with Gasteiger partial charge in [0, 0.05) is 13.1 Å². The van der Waals surface area contributed by atoms with Gasteiger partial charge in [-0.3, -0.25) is 0 Å². The Morgan fingerprint density at radius 2 is 2.08 bits per heavy atom. The zero-order chi connectivity index (χ0) is 8.39. The van der Waals surface area contributed by atoms with Crippen molar-refractivity contribution in [1.29, 1.82) is 0 Å². The summed E-state index contributed by atoms with van der Waals surface area (Å²) in [7, 11) is 0. The first-order valence-corrected chi connectivity index (χ1v) is 4.01. The molecule has 1 aromatic rings. The Kier molecular flexibility index (Phi) is 1.87. The average Bonchev–Trinajstić information content (AvgIpc) is 2.00. The van der Waals surface area contributed by atoms with Crippen LogP contribution in [0.5, 0.6) is 11.5 Å². The van der Waals surface area contributed by atoms with E-state index in [-0.39, 0.29) is 11.9 Å². The van der Waals surface area contributed by atoms with Gasteiger partial charge in [0.15, 0.2) is 11.5 Å². The number of benzene rings is 1. The second-order valence-electron chi connectivity index (χ2n) is 2.87. The molecule has 0 aliphatic carbocycles. The van der Waals surface area contributed by atoms with Crippen LogP contribution >= 0.6 is 0 Å². The van der Waals surface area contributed by atoms with Crippen LogP contribution in [0.25, 0.3) is 0 Å². The minimum absolute atomic E-state index is 0.212. The quantitative estimate of drug-likeness (QED) is 0.679. The third-order valence-electron chi connectivity index (χ3n) is 1.90. The number of nitrogens with one attached hydrogen (secondary N) is 1. The molecule has 12 heavy (non-hydrogen) atoms. The predicted octanol–water partition coefficient (Wildman–Crippen LogP) is 0.743. The molecule has 2 N–H and O–H groups in total. The van der Waals surface area contributed by atoms with E-state index in [0.717, 1.165) is 13.1 Å². The average molecular weight is 165 g/mol. The number of phenols is 1. The highest BCUT2D eigenvalue weighted by Crippen LogP contribution is 2.25. The van der Waals surface area contributed by atoms with Crippen molar-refractivity contribution >= 4 is 0 Å². The fourth-order valence-electron chi connectivity index (χ4n) is 1.08. The van der Waals surface area contributed by atoms with Gasteiger partial charge in [0.1, 0.15) is 6.10 Å². The first kappa shape index (κ1) is 7.43. The molecule has 1 heterocycles. The SMILES string of the molecule is Oc1ccccc1OC1CNC1. The van der Waals surface area contributed by atoms with Crippen molar-refractivity contribution in [3.05, 3.63) is 24.3 Å². The Hall–Kier alpha value is -1.22. The van der Waals surface area contributed by atoms with Crippen LogP contribution in [0.3, 0.4) is 0 Å². The third kappa shape index (κ3) is 1.36. The summed E-state index contributed by atoms with van der Waals surface area (Å²) < 4.78 is 5.47. The van der Waals surface area contributed by atoms with Crippen molar-refractivity contribution < 1.29 is 9.84 Å². The van der Waals surface area contributed by atoms with Gasteiger partial charge in [-0.2, -0.15) is 0 Å². The first-order chi connectivity index (χ1) is 5.86. The second kappa shape index (κ2) is 3.03. The summed E-state index contributed by atoms with van der Waals surface area (Å²) >= 11 is 0. The molecule has 3 nitrogen and oxygen atoms in total. The monoisotopic (exact) mass is 165 g/mol. The minimum Gasteiger partial charge on any atom is -0.504 e. The number of para-hydroxylation sites is 2. The highest BCUT2D eigenvalue weighted by Gasteiger charge is 2.19. The van der Waals surface area contributed by atoms with Gasteiger partial charge in [-0.1, -0.05) is 12.1 Å². The zero-order valence-electron chi connectivity index (χ0n) is 6.66. The van der Waals surface area contributed by atoms with Crippen LogP contribution in [0.15, 0.2) is 24.3 Å². The lowest BCUT2D eigenvalue weighted by Crippen LogP contribution is -2.50. The predicted molar refractivity (Wildman–Crippen MR) is 45.4 cm³/mol. The van der Waals surface area contributed by atoms with Crippen molar-refractivity contribution in [1.82, 2.24) is 5.32 Å². The summed E-state index contributed by atoms with van der Waals surface area (Å²) in [6.07, 6.45) is 0.221. The van der Waals surface area contributed by atoms with Gasteiger partial charge >= 0.3 is 0 Å². The van der Waals surface area contributed by atoms with Crippen LogP contribution in [0.1, 0.15) is 0 Å². The molecule has 0 spiro atoms. The van der Waals surface area contributed by atoms with Gasteiger partial charge in [-0.15, -0.1) is 0 Å². The van der Waals surface area contributed by atoms with E-state index in [1.807, 2.05) is 6.07 Å². The summed E-state index contributed by atoms with van der Waals surface area (Å²) in [5.41, 5.74) is 0. The topological polar surface area (TPSA) is 41.5 Å². The molecule has 2 rings (SSSR count). The first-order valence-electron chi connectivity index (χ1n) is 4.01. The number of rotatable bonds is 2. The molecule has 0 unspecified atom stereocenters. The van der Waals surface area contributed by atoms with Crippen molar-refractivity contribution in [3.8, 4) is 11.5 Å². The van der Waals surface area contributed by atoms with Gasteiger partial charge in [-0.25, -0.2) is 0 Å². The summed E-state index contributed by atoms with van der Waals surface area (Å²) in [5.74, 6) is 0.786. The van der Waals surface area contributed by atoms with Crippen LogP contribution in [-0.2, 0) is 0 Å². The Morgan fingerprint density at radius 1 is 1.33 bits per heavy atom. The zero-order valence-corrected chi connectivity index (χ0v) is 6.66. The molecular weight excluding hydrogens is 154 g/mol. The summed E-state index contributed by atoms with van der Waals surface area (Å²) in [4.78, 5) is 0. The Bertz CT molecular complexity index is 271.